The number of alkyl halides is 2. The van der Waals surface area contributed by atoms with Crippen LogP contribution < -0.4 is 4.74 Å². The maximum Gasteiger partial charge on any atom is 0.274 e. The summed E-state index contributed by atoms with van der Waals surface area (Å²) in [6, 6.07) is 1.69. The van der Waals surface area contributed by atoms with Gasteiger partial charge in [0.2, 0.25) is 5.88 Å². The average molecular weight is 350 g/mol. The normalized spacial score (nSPS) is 12.9. The lowest BCUT2D eigenvalue weighted by molar-refractivity contribution is 0.0198. The van der Waals surface area contributed by atoms with Gasteiger partial charge in [0.15, 0.2) is 16.9 Å². The Morgan fingerprint density at radius 1 is 1.37 bits per heavy atom. The minimum atomic E-state index is -2.57. The van der Waals surface area contributed by atoms with Crippen LogP contribution in [0, 0.1) is 0 Å². The van der Waals surface area contributed by atoms with E-state index in [9.17, 15) is 8.78 Å². The van der Waals surface area contributed by atoms with E-state index in [0.717, 1.165) is 0 Å². The standard InChI is InChI=1S/C11H10BrF2N3OS/c1-5(8(13)14)18-10-7(12)3-6-4-15-11(19-2)17-9(6)16-10/h3-5,8H,1-2H3. The van der Waals surface area contributed by atoms with E-state index >= 15 is 0 Å². The molecule has 19 heavy (non-hydrogen) atoms. The summed E-state index contributed by atoms with van der Waals surface area (Å²) >= 11 is 4.62. The second-order valence-corrected chi connectivity index (χ2v) is 5.33. The van der Waals surface area contributed by atoms with E-state index < -0.39 is 12.5 Å². The molecular weight excluding hydrogens is 340 g/mol. The van der Waals surface area contributed by atoms with Crippen molar-refractivity contribution < 1.29 is 13.5 Å². The number of ether oxygens (including phenoxy) is 1. The fraction of sp³-hybridized carbons (Fsp3) is 0.364. The summed E-state index contributed by atoms with van der Waals surface area (Å²) in [7, 11) is 0. The van der Waals surface area contributed by atoms with Gasteiger partial charge in [0.1, 0.15) is 0 Å². The summed E-state index contributed by atoms with van der Waals surface area (Å²) in [5.41, 5.74) is 0.416. The first-order valence-corrected chi connectivity index (χ1v) is 7.35. The third-order valence-corrected chi connectivity index (χ3v) is 3.43. The first-order valence-electron chi connectivity index (χ1n) is 5.33. The van der Waals surface area contributed by atoms with Crippen molar-refractivity contribution in [1.29, 1.82) is 0 Å². The van der Waals surface area contributed by atoms with Crippen LogP contribution in [0.1, 0.15) is 6.92 Å². The summed E-state index contributed by atoms with van der Waals surface area (Å²) in [4.78, 5) is 12.5. The summed E-state index contributed by atoms with van der Waals surface area (Å²) in [6.45, 7) is 1.29. The monoisotopic (exact) mass is 349 g/mol. The molecule has 4 nitrogen and oxygen atoms in total. The minimum Gasteiger partial charge on any atom is -0.468 e. The van der Waals surface area contributed by atoms with Gasteiger partial charge in [0.05, 0.1) is 4.47 Å². The Kier molecular flexibility index (Phi) is 4.51. The lowest BCUT2D eigenvalue weighted by atomic mass is 10.3. The maximum atomic E-state index is 12.5. The second kappa shape index (κ2) is 5.96. The molecule has 0 radical (unpaired) electrons. The lowest BCUT2D eigenvalue weighted by Gasteiger charge is -2.14. The van der Waals surface area contributed by atoms with Crippen LogP contribution >= 0.6 is 27.7 Å². The summed E-state index contributed by atoms with van der Waals surface area (Å²) < 4.78 is 30.6. The average Bonchev–Trinajstić information content (AvgIpc) is 2.38. The molecule has 2 aromatic rings. The van der Waals surface area contributed by atoms with Crippen molar-refractivity contribution in [1.82, 2.24) is 15.0 Å². The van der Waals surface area contributed by atoms with Crippen molar-refractivity contribution in [2.24, 2.45) is 0 Å². The quantitative estimate of drug-likeness (QED) is 0.624. The Labute approximate surface area is 121 Å². The minimum absolute atomic E-state index is 0.103. The molecule has 0 saturated carbocycles. The number of halogens is 3. The second-order valence-electron chi connectivity index (χ2n) is 3.70. The van der Waals surface area contributed by atoms with Gasteiger partial charge in [-0.3, -0.25) is 0 Å². The highest BCUT2D eigenvalue weighted by molar-refractivity contribution is 9.10. The van der Waals surface area contributed by atoms with Gasteiger partial charge in [0.25, 0.3) is 6.43 Å². The smallest absolute Gasteiger partial charge is 0.274 e. The number of rotatable bonds is 4. The van der Waals surface area contributed by atoms with E-state index in [2.05, 4.69) is 30.9 Å². The fourth-order valence-electron chi connectivity index (χ4n) is 1.31. The van der Waals surface area contributed by atoms with Crippen LogP contribution in [0.2, 0.25) is 0 Å². The molecule has 102 valence electrons. The van der Waals surface area contributed by atoms with Crippen molar-refractivity contribution in [2.45, 2.75) is 24.6 Å². The van der Waals surface area contributed by atoms with Crippen molar-refractivity contribution in [3.05, 3.63) is 16.7 Å². The maximum absolute atomic E-state index is 12.5. The van der Waals surface area contributed by atoms with E-state index in [1.165, 1.54) is 18.7 Å². The molecule has 0 saturated heterocycles. The van der Waals surface area contributed by atoms with Crippen LogP contribution in [0.4, 0.5) is 8.78 Å². The van der Waals surface area contributed by atoms with Gasteiger partial charge in [0, 0.05) is 11.6 Å². The molecule has 1 atom stereocenters. The van der Waals surface area contributed by atoms with Crippen LogP contribution in [0.5, 0.6) is 5.88 Å². The van der Waals surface area contributed by atoms with E-state index in [0.29, 0.717) is 20.7 Å². The van der Waals surface area contributed by atoms with Gasteiger partial charge in [-0.15, -0.1) is 0 Å². The van der Waals surface area contributed by atoms with Crippen LogP contribution in [0.3, 0.4) is 0 Å². The zero-order valence-electron chi connectivity index (χ0n) is 10.1. The highest BCUT2D eigenvalue weighted by Gasteiger charge is 2.19. The molecule has 0 fully saturated rings. The Morgan fingerprint density at radius 3 is 2.74 bits per heavy atom. The van der Waals surface area contributed by atoms with Crippen LogP contribution in [0.25, 0.3) is 11.0 Å². The first-order chi connectivity index (χ1) is 9.01. The third-order valence-electron chi connectivity index (χ3n) is 2.30. The molecule has 0 aromatic carbocycles. The van der Waals surface area contributed by atoms with Gasteiger partial charge < -0.3 is 4.74 Å². The van der Waals surface area contributed by atoms with E-state index in [1.54, 1.807) is 12.3 Å². The molecule has 0 N–H and O–H groups in total. The number of hydrogen-bond acceptors (Lipinski definition) is 5. The van der Waals surface area contributed by atoms with E-state index in [4.69, 9.17) is 4.74 Å². The van der Waals surface area contributed by atoms with Gasteiger partial charge in [-0.1, -0.05) is 11.8 Å². The number of nitrogens with zero attached hydrogens (tertiary/aromatic N) is 3. The molecule has 2 rings (SSSR count). The van der Waals surface area contributed by atoms with Crippen LogP contribution in [0.15, 0.2) is 21.9 Å². The van der Waals surface area contributed by atoms with Crippen LogP contribution in [-0.2, 0) is 0 Å². The van der Waals surface area contributed by atoms with Crippen molar-refractivity contribution in [3.63, 3.8) is 0 Å². The Morgan fingerprint density at radius 2 is 2.11 bits per heavy atom. The summed E-state index contributed by atoms with van der Waals surface area (Å²) in [6.07, 6.45) is -0.331. The Bertz CT molecular complexity index is 599. The van der Waals surface area contributed by atoms with Crippen LogP contribution in [-0.4, -0.2) is 33.7 Å². The molecule has 0 aliphatic rings. The number of hydrogen-bond donors (Lipinski definition) is 0. The molecule has 0 spiro atoms. The number of aromatic nitrogens is 3. The first kappa shape index (κ1) is 14.4. The highest BCUT2D eigenvalue weighted by atomic mass is 79.9. The Balaban J connectivity index is 2.41. The van der Waals surface area contributed by atoms with Crippen molar-refractivity contribution in [2.75, 3.05) is 6.26 Å². The largest absolute Gasteiger partial charge is 0.468 e. The predicted octanol–water partition coefficient (Wildman–Crippen LogP) is 3.54. The van der Waals surface area contributed by atoms with Gasteiger partial charge in [-0.25, -0.2) is 18.7 Å². The zero-order valence-corrected chi connectivity index (χ0v) is 12.5. The molecule has 0 bridgehead atoms. The number of thioether (sulfide) groups is 1. The molecule has 2 heterocycles. The number of fused-ring (bicyclic) bond motifs is 1. The highest BCUT2D eigenvalue weighted by Crippen LogP contribution is 2.28. The molecule has 1 unspecified atom stereocenters. The molecule has 0 amide bonds. The van der Waals surface area contributed by atoms with E-state index in [-0.39, 0.29) is 5.88 Å². The zero-order chi connectivity index (χ0) is 14.0. The molecule has 0 aliphatic heterocycles. The van der Waals surface area contributed by atoms with Gasteiger partial charge in [-0.05, 0) is 35.2 Å². The summed E-state index contributed by atoms with van der Waals surface area (Å²) in [5.74, 6) is 0.103. The topological polar surface area (TPSA) is 47.9 Å². The van der Waals surface area contributed by atoms with Gasteiger partial charge in [-0.2, -0.15) is 4.98 Å². The van der Waals surface area contributed by atoms with E-state index in [1.807, 2.05) is 6.26 Å². The SMILES string of the molecule is CSc1ncc2cc(Br)c(OC(C)C(F)F)nc2n1. The predicted molar refractivity (Wildman–Crippen MR) is 72.9 cm³/mol. The summed E-state index contributed by atoms with van der Waals surface area (Å²) in [5, 5.41) is 1.27. The molecule has 0 aliphatic carbocycles. The van der Waals surface area contributed by atoms with Crippen molar-refractivity contribution >= 4 is 38.7 Å². The van der Waals surface area contributed by atoms with Gasteiger partial charge >= 0.3 is 0 Å². The molecular formula is C11H10BrF2N3OS. The molecule has 2 aromatic heterocycles. The molecule has 8 heteroatoms. The third kappa shape index (κ3) is 3.30. The fourth-order valence-corrected chi connectivity index (χ4v) is 2.08. The van der Waals surface area contributed by atoms with Crippen molar-refractivity contribution in [3.8, 4) is 5.88 Å². The lowest BCUT2D eigenvalue weighted by Crippen LogP contribution is -2.21. The Hall–Kier alpha value is -1.02. The number of pyridine rings is 1.